The van der Waals surface area contributed by atoms with Gasteiger partial charge in [0.25, 0.3) is 0 Å². The van der Waals surface area contributed by atoms with Gasteiger partial charge in [-0.3, -0.25) is 0 Å². The monoisotopic (exact) mass is 327 g/mol. The van der Waals surface area contributed by atoms with Crippen molar-refractivity contribution in [1.29, 1.82) is 0 Å². The smallest absolute Gasteiger partial charge is 0.127 e. The van der Waals surface area contributed by atoms with Crippen molar-refractivity contribution in [2.75, 3.05) is 0 Å². The largest absolute Gasteiger partial charge is 0.326 e. The van der Waals surface area contributed by atoms with Gasteiger partial charge in [0.2, 0.25) is 0 Å². The Balaban J connectivity index is 1.78. The van der Waals surface area contributed by atoms with Crippen molar-refractivity contribution in [3.05, 3.63) is 64.4 Å². The van der Waals surface area contributed by atoms with Crippen LogP contribution in [0.2, 0.25) is 0 Å². The fraction of sp³-hybridized carbons (Fsp3) is 0.188. The molecule has 100 valence electrons. The van der Waals surface area contributed by atoms with E-state index in [1.54, 1.807) is 0 Å². The maximum Gasteiger partial charge on any atom is 0.127 e. The van der Waals surface area contributed by atoms with E-state index in [1.165, 1.54) is 11.1 Å². The maximum atomic E-state index is 6.43. The van der Waals surface area contributed by atoms with Crippen molar-refractivity contribution in [1.82, 2.24) is 9.55 Å². The van der Waals surface area contributed by atoms with Crippen LogP contribution in [0.5, 0.6) is 0 Å². The summed E-state index contributed by atoms with van der Waals surface area (Å²) in [6, 6.07) is 16.6. The van der Waals surface area contributed by atoms with E-state index in [0.717, 1.165) is 22.4 Å². The highest BCUT2D eigenvalue weighted by Crippen LogP contribution is 2.39. The van der Waals surface area contributed by atoms with E-state index in [9.17, 15) is 0 Å². The SMILES string of the molecule is N[C@@H]1c2nc3ccccc3n2C[C@H]1c1ccc(Br)cc1. The minimum Gasteiger partial charge on any atom is -0.326 e. The van der Waals surface area contributed by atoms with Gasteiger partial charge in [-0.15, -0.1) is 0 Å². The Kier molecular flexibility index (Phi) is 2.69. The van der Waals surface area contributed by atoms with E-state index in [-0.39, 0.29) is 6.04 Å². The zero-order valence-electron chi connectivity index (χ0n) is 10.8. The molecule has 2 N–H and O–H groups in total. The van der Waals surface area contributed by atoms with E-state index in [4.69, 9.17) is 10.7 Å². The molecular formula is C16H14BrN3. The molecule has 1 aliphatic rings. The Morgan fingerprint density at radius 2 is 1.85 bits per heavy atom. The van der Waals surface area contributed by atoms with Gasteiger partial charge < -0.3 is 10.3 Å². The molecule has 0 unspecified atom stereocenters. The Labute approximate surface area is 125 Å². The molecule has 0 saturated heterocycles. The summed E-state index contributed by atoms with van der Waals surface area (Å²) >= 11 is 3.47. The number of imidazole rings is 1. The first-order chi connectivity index (χ1) is 9.74. The van der Waals surface area contributed by atoms with Crippen molar-refractivity contribution in [2.45, 2.75) is 18.5 Å². The van der Waals surface area contributed by atoms with Gasteiger partial charge in [-0.2, -0.15) is 0 Å². The van der Waals surface area contributed by atoms with Crippen molar-refractivity contribution in [3.63, 3.8) is 0 Å². The van der Waals surface area contributed by atoms with E-state index in [2.05, 4.69) is 56.9 Å². The van der Waals surface area contributed by atoms with Crippen LogP contribution in [0.15, 0.2) is 53.0 Å². The first-order valence-electron chi connectivity index (χ1n) is 6.70. The Hall–Kier alpha value is -1.65. The van der Waals surface area contributed by atoms with Crippen LogP contribution >= 0.6 is 15.9 Å². The lowest BCUT2D eigenvalue weighted by Crippen LogP contribution is -2.16. The number of para-hydroxylation sites is 2. The summed E-state index contributed by atoms with van der Waals surface area (Å²) in [4.78, 5) is 4.70. The van der Waals surface area contributed by atoms with Gasteiger partial charge in [0.15, 0.2) is 0 Å². The number of halogens is 1. The van der Waals surface area contributed by atoms with Crippen LogP contribution in [0, 0.1) is 0 Å². The van der Waals surface area contributed by atoms with E-state index in [1.807, 2.05) is 12.1 Å². The first-order valence-corrected chi connectivity index (χ1v) is 7.49. The number of nitrogens with two attached hydrogens (primary N) is 1. The van der Waals surface area contributed by atoms with E-state index >= 15 is 0 Å². The van der Waals surface area contributed by atoms with Crippen LogP contribution in [0.4, 0.5) is 0 Å². The lowest BCUT2D eigenvalue weighted by molar-refractivity contribution is 0.576. The van der Waals surface area contributed by atoms with Crippen LogP contribution in [0.25, 0.3) is 11.0 Å². The topological polar surface area (TPSA) is 43.8 Å². The summed E-state index contributed by atoms with van der Waals surface area (Å²) in [6.45, 7) is 0.901. The van der Waals surface area contributed by atoms with Crippen LogP contribution < -0.4 is 5.73 Å². The predicted molar refractivity (Wildman–Crippen MR) is 83.5 cm³/mol. The molecule has 0 saturated carbocycles. The molecule has 20 heavy (non-hydrogen) atoms. The standard InChI is InChI=1S/C16H14BrN3/c17-11-7-5-10(6-8-11)12-9-20-14-4-2-1-3-13(14)19-16(20)15(12)18/h1-8,12,15H,9,18H2/t12-,15-/m0/s1. The molecule has 0 amide bonds. The molecule has 3 aromatic rings. The third-order valence-corrected chi connectivity index (χ3v) is 4.62. The van der Waals surface area contributed by atoms with Gasteiger partial charge >= 0.3 is 0 Å². The van der Waals surface area contributed by atoms with Gasteiger partial charge in [-0.25, -0.2) is 4.98 Å². The van der Waals surface area contributed by atoms with Crippen molar-refractivity contribution < 1.29 is 0 Å². The summed E-state index contributed by atoms with van der Waals surface area (Å²) in [5.74, 6) is 1.30. The molecule has 0 aliphatic carbocycles. The first kappa shape index (κ1) is 12.1. The average Bonchev–Trinajstić information content (AvgIpc) is 2.98. The van der Waals surface area contributed by atoms with Crippen molar-refractivity contribution in [2.24, 2.45) is 5.73 Å². The molecule has 4 rings (SSSR count). The number of benzene rings is 2. The molecule has 1 aliphatic heterocycles. The highest BCUT2D eigenvalue weighted by molar-refractivity contribution is 9.10. The summed E-state index contributed by atoms with van der Waals surface area (Å²) in [6.07, 6.45) is 0. The molecule has 2 heterocycles. The second-order valence-electron chi connectivity index (χ2n) is 5.25. The Bertz CT molecular complexity index is 776. The summed E-state index contributed by atoms with van der Waals surface area (Å²) in [5.41, 5.74) is 9.92. The van der Waals surface area contributed by atoms with Gasteiger partial charge in [-0.1, -0.05) is 40.2 Å². The average molecular weight is 328 g/mol. The third kappa shape index (κ3) is 1.72. The molecule has 3 nitrogen and oxygen atoms in total. The second kappa shape index (κ2) is 4.43. The highest BCUT2D eigenvalue weighted by Gasteiger charge is 2.33. The lowest BCUT2D eigenvalue weighted by Gasteiger charge is -2.15. The molecule has 2 aromatic carbocycles. The fourth-order valence-electron chi connectivity index (χ4n) is 3.05. The second-order valence-corrected chi connectivity index (χ2v) is 6.17. The van der Waals surface area contributed by atoms with Crippen LogP contribution in [-0.2, 0) is 6.54 Å². The number of hydrogen-bond acceptors (Lipinski definition) is 2. The number of hydrogen-bond donors (Lipinski definition) is 1. The molecule has 4 heteroatoms. The normalized spacial score (nSPS) is 21.3. The van der Waals surface area contributed by atoms with Crippen LogP contribution in [0.1, 0.15) is 23.3 Å². The summed E-state index contributed by atoms with van der Waals surface area (Å²) < 4.78 is 3.35. The van der Waals surface area contributed by atoms with Gasteiger partial charge in [0.1, 0.15) is 5.82 Å². The van der Waals surface area contributed by atoms with Gasteiger partial charge in [0.05, 0.1) is 17.1 Å². The quantitative estimate of drug-likeness (QED) is 0.742. The number of nitrogens with zero attached hydrogens (tertiary/aromatic N) is 2. The molecular weight excluding hydrogens is 314 g/mol. The fourth-order valence-corrected chi connectivity index (χ4v) is 3.32. The predicted octanol–water partition coefficient (Wildman–Crippen LogP) is 3.60. The molecule has 1 aromatic heterocycles. The van der Waals surface area contributed by atoms with Crippen LogP contribution in [-0.4, -0.2) is 9.55 Å². The minimum atomic E-state index is -0.0384. The molecule has 0 fully saturated rings. The zero-order chi connectivity index (χ0) is 13.7. The Morgan fingerprint density at radius 1 is 1.10 bits per heavy atom. The Morgan fingerprint density at radius 3 is 2.65 bits per heavy atom. The van der Waals surface area contributed by atoms with Crippen LogP contribution in [0.3, 0.4) is 0 Å². The number of rotatable bonds is 1. The van der Waals surface area contributed by atoms with Gasteiger partial charge in [0, 0.05) is 16.9 Å². The number of fused-ring (bicyclic) bond motifs is 3. The molecule has 0 spiro atoms. The van der Waals surface area contributed by atoms with E-state index in [0.29, 0.717) is 5.92 Å². The molecule has 2 atom stereocenters. The minimum absolute atomic E-state index is 0.0384. The maximum absolute atomic E-state index is 6.43. The van der Waals surface area contributed by atoms with Crippen molar-refractivity contribution >= 4 is 27.0 Å². The highest BCUT2D eigenvalue weighted by atomic mass is 79.9. The molecule has 0 radical (unpaired) electrons. The lowest BCUT2D eigenvalue weighted by atomic mass is 9.94. The third-order valence-electron chi connectivity index (χ3n) is 4.09. The van der Waals surface area contributed by atoms with Crippen molar-refractivity contribution in [3.8, 4) is 0 Å². The summed E-state index contributed by atoms with van der Waals surface area (Å²) in [7, 11) is 0. The summed E-state index contributed by atoms with van der Waals surface area (Å²) in [5, 5.41) is 0. The zero-order valence-corrected chi connectivity index (χ0v) is 12.4. The molecule has 0 bridgehead atoms. The van der Waals surface area contributed by atoms with Gasteiger partial charge in [-0.05, 0) is 29.8 Å². The van der Waals surface area contributed by atoms with E-state index < -0.39 is 0 Å². The number of aromatic nitrogens is 2.